The topological polar surface area (TPSA) is 79.6 Å². The van der Waals surface area contributed by atoms with Crippen LogP contribution in [0.25, 0.3) is 0 Å². The summed E-state index contributed by atoms with van der Waals surface area (Å²) < 4.78 is 5.03. The van der Waals surface area contributed by atoms with Crippen LogP contribution >= 0.6 is 0 Å². The molecule has 2 aromatic rings. The number of hydrogen-bond acceptors (Lipinski definition) is 4. The molecule has 1 aliphatic rings. The number of likely N-dealkylation sites (tertiary alicyclic amines) is 1. The van der Waals surface area contributed by atoms with Gasteiger partial charge in [-0.1, -0.05) is 12.1 Å². The van der Waals surface area contributed by atoms with Gasteiger partial charge in [0, 0.05) is 19.2 Å². The zero-order valence-electron chi connectivity index (χ0n) is 15.0. The lowest BCUT2D eigenvalue weighted by Gasteiger charge is -2.27. The molecular formula is C20H22N2O4. The third kappa shape index (κ3) is 3.69. The summed E-state index contributed by atoms with van der Waals surface area (Å²) in [6.07, 6.45) is 3.14. The number of nitrogens with one attached hydrogen (secondary N) is 1. The van der Waals surface area contributed by atoms with Crippen LogP contribution in [0.1, 0.15) is 51.3 Å². The third-order valence-corrected chi connectivity index (χ3v) is 4.61. The highest BCUT2D eigenvalue weighted by Gasteiger charge is 2.22. The third-order valence-electron chi connectivity index (χ3n) is 4.61. The molecule has 6 nitrogen and oxygen atoms in total. The smallest absolute Gasteiger partial charge is 0.336 e. The van der Waals surface area contributed by atoms with Crippen molar-refractivity contribution in [2.24, 2.45) is 0 Å². The van der Waals surface area contributed by atoms with E-state index in [0.29, 0.717) is 22.4 Å². The number of carbonyl (C=O) groups excluding carboxylic acids is 2. The van der Waals surface area contributed by atoms with Crippen molar-refractivity contribution in [3.8, 4) is 0 Å². The SMILES string of the molecule is Cc1cc(=O)oc(C)c1C(=O)Nc1ccccc1C(=O)N1CCCCC1. The second-order valence-corrected chi connectivity index (χ2v) is 6.53. The molecule has 2 amide bonds. The van der Waals surface area contributed by atoms with Gasteiger partial charge >= 0.3 is 5.63 Å². The molecule has 0 aliphatic carbocycles. The number of anilines is 1. The Morgan fingerprint density at radius 3 is 2.46 bits per heavy atom. The van der Waals surface area contributed by atoms with Crippen LogP contribution in [0.4, 0.5) is 5.69 Å². The Kier molecular flexibility index (Phi) is 5.21. The quantitative estimate of drug-likeness (QED) is 0.918. The van der Waals surface area contributed by atoms with E-state index in [9.17, 15) is 14.4 Å². The average Bonchev–Trinajstić information content (AvgIpc) is 2.61. The Morgan fingerprint density at radius 1 is 1.08 bits per heavy atom. The number of amides is 2. The summed E-state index contributed by atoms with van der Waals surface area (Å²) in [5, 5.41) is 2.80. The first-order valence-electron chi connectivity index (χ1n) is 8.78. The molecule has 0 radical (unpaired) electrons. The van der Waals surface area contributed by atoms with Crippen LogP contribution in [0.5, 0.6) is 0 Å². The number of aryl methyl sites for hydroxylation is 2. The fourth-order valence-corrected chi connectivity index (χ4v) is 3.33. The van der Waals surface area contributed by atoms with E-state index >= 15 is 0 Å². The van der Waals surface area contributed by atoms with Gasteiger partial charge in [-0.3, -0.25) is 9.59 Å². The summed E-state index contributed by atoms with van der Waals surface area (Å²) in [4.78, 5) is 38.8. The van der Waals surface area contributed by atoms with Crippen LogP contribution in [0.2, 0.25) is 0 Å². The van der Waals surface area contributed by atoms with Crippen LogP contribution in [0, 0.1) is 13.8 Å². The second-order valence-electron chi connectivity index (χ2n) is 6.53. The number of hydrogen-bond donors (Lipinski definition) is 1. The molecule has 6 heteroatoms. The van der Waals surface area contributed by atoms with Gasteiger partial charge in [0.1, 0.15) is 5.76 Å². The number of nitrogens with zero attached hydrogens (tertiary/aromatic N) is 1. The monoisotopic (exact) mass is 354 g/mol. The van der Waals surface area contributed by atoms with E-state index in [-0.39, 0.29) is 11.7 Å². The Hall–Kier alpha value is -2.89. The van der Waals surface area contributed by atoms with Crippen LogP contribution in [-0.4, -0.2) is 29.8 Å². The average molecular weight is 354 g/mol. The van der Waals surface area contributed by atoms with Crippen molar-refractivity contribution in [1.82, 2.24) is 4.90 Å². The zero-order chi connectivity index (χ0) is 18.7. The first-order valence-corrected chi connectivity index (χ1v) is 8.78. The Balaban J connectivity index is 1.88. The second kappa shape index (κ2) is 7.56. The maximum atomic E-state index is 12.8. The minimum absolute atomic E-state index is 0.0753. The number of rotatable bonds is 3. The van der Waals surface area contributed by atoms with E-state index in [1.165, 1.54) is 6.07 Å². The highest BCUT2D eigenvalue weighted by molar-refractivity contribution is 6.09. The number of benzene rings is 1. The maximum absolute atomic E-state index is 12.8. The van der Waals surface area contributed by atoms with Gasteiger partial charge in [-0.15, -0.1) is 0 Å². The van der Waals surface area contributed by atoms with E-state index in [1.807, 2.05) is 4.90 Å². The Bertz CT molecular complexity index is 869. The van der Waals surface area contributed by atoms with Gasteiger partial charge in [-0.25, -0.2) is 4.79 Å². The van der Waals surface area contributed by atoms with Crippen molar-refractivity contribution in [1.29, 1.82) is 0 Å². The normalized spacial score (nSPS) is 14.2. The van der Waals surface area contributed by atoms with Crippen molar-refractivity contribution in [2.45, 2.75) is 33.1 Å². The van der Waals surface area contributed by atoms with Gasteiger partial charge < -0.3 is 14.6 Å². The molecule has 26 heavy (non-hydrogen) atoms. The molecule has 136 valence electrons. The molecular weight excluding hydrogens is 332 g/mol. The van der Waals surface area contributed by atoms with Gasteiger partial charge in [-0.2, -0.15) is 0 Å². The molecule has 1 saturated heterocycles. The summed E-state index contributed by atoms with van der Waals surface area (Å²) in [5.74, 6) is -0.219. The van der Waals surface area contributed by atoms with Crippen molar-refractivity contribution in [2.75, 3.05) is 18.4 Å². The van der Waals surface area contributed by atoms with Crippen LogP contribution in [0.3, 0.4) is 0 Å². The largest absolute Gasteiger partial charge is 0.427 e. The molecule has 0 atom stereocenters. The van der Waals surface area contributed by atoms with E-state index in [4.69, 9.17) is 4.42 Å². The highest BCUT2D eigenvalue weighted by atomic mass is 16.4. The van der Waals surface area contributed by atoms with E-state index in [1.54, 1.807) is 38.1 Å². The Morgan fingerprint density at radius 2 is 1.77 bits per heavy atom. The minimum Gasteiger partial charge on any atom is -0.427 e. The molecule has 1 N–H and O–H groups in total. The summed E-state index contributed by atoms with van der Waals surface area (Å²) in [5.41, 5.74) is 1.28. The summed E-state index contributed by atoms with van der Waals surface area (Å²) in [7, 11) is 0. The molecule has 2 heterocycles. The van der Waals surface area contributed by atoms with Gasteiger partial charge in [0.15, 0.2) is 0 Å². The summed E-state index contributed by atoms with van der Waals surface area (Å²) >= 11 is 0. The summed E-state index contributed by atoms with van der Waals surface area (Å²) in [6, 6.07) is 8.27. The highest BCUT2D eigenvalue weighted by Crippen LogP contribution is 2.22. The molecule has 1 fully saturated rings. The molecule has 0 saturated carbocycles. The first kappa shape index (κ1) is 17.9. The molecule has 3 rings (SSSR count). The number of para-hydroxylation sites is 1. The first-order chi connectivity index (χ1) is 12.5. The lowest BCUT2D eigenvalue weighted by atomic mass is 10.1. The fraction of sp³-hybridized carbons (Fsp3) is 0.350. The van der Waals surface area contributed by atoms with Crippen LogP contribution in [-0.2, 0) is 0 Å². The number of carbonyl (C=O) groups is 2. The standard InChI is InChI=1S/C20H22N2O4/c1-13-12-17(23)26-14(2)18(13)19(24)21-16-9-5-4-8-15(16)20(25)22-10-6-3-7-11-22/h4-5,8-9,12H,3,6-7,10-11H2,1-2H3,(H,21,24). The predicted octanol–water partition coefficient (Wildman–Crippen LogP) is 3.14. The summed E-state index contributed by atoms with van der Waals surface area (Å²) in [6.45, 7) is 4.74. The van der Waals surface area contributed by atoms with E-state index in [0.717, 1.165) is 32.4 Å². The molecule has 0 unspecified atom stereocenters. The van der Waals surface area contributed by atoms with Gasteiger partial charge in [0.2, 0.25) is 0 Å². The molecule has 1 aliphatic heterocycles. The molecule has 0 bridgehead atoms. The van der Waals surface area contributed by atoms with Gasteiger partial charge in [-0.05, 0) is 50.8 Å². The zero-order valence-corrected chi connectivity index (χ0v) is 15.0. The van der Waals surface area contributed by atoms with Crippen molar-refractivity contribution in [3.63, 3.8) is 0 Å². The maximum Gasteiger partial charge on any atom is 0.336 e. The molecule has 0 spiro atoms. The lowest BCUT2D eigenvalue weighted by Crippen LogP contribution is -2.36. The predicted molar refractivity (Wildman–Crippen MR) is 98.6 cm³/mol. The van der Waals surface area contributed by atoms with E-state index in [2.05, 4.69) is 5.32 Å². The fourth-order valence-electron chi connectivity index (χ4n) is 3.33. The van der Waals surface area contributed by atoms with Crippen LogP contribution < -0.4 is 10.9 Å². The lowest BCUT2D eigenvalue weighted by molar-refractivity contribution is 0.0725. The van der Waals surface area contributed by atoms with Crippen LogP contribution in [0.15, 0.2) is 39.5 Å². The van der Waals surface area contributed by atoms with Gasteiger partial charge in [0.25, 0.3) is 11.8 Å². The van der Waals surface area contributed by atoms with Gasteiger partial charge in [0.05, 0.1) is 16.8 Å². The Labute approximate surface area is 151 Å². The minimum atomic E-state index is -0.489. The molecule has 1 aromatic heterocycles. The van der Waals surface area contributed by atoms with E-state index < -0.39 is 11.5 Å². The molecule has 1 aromatic carbocycles. The van der Waals surface area contributed by atoms with Crippen molar-refractivity contribution < 1.29 is 14.0 Å². The van der Waals surface area contributed by atoms with Crippen molar-refractivity contribution >= 4 is 17.5 Å². The number of piperidine rings is 1. The van der Waals surface area contributed by atoms with Crippen molar-refractivity contribution in [3.05, 3.63) is 63.2 Å².